The molecule has 2 rings (SSSR count). The van der Waals surface area contributed by atoms with Crippen LogP contribution in [0.3, 0.4) is 0 Å². The zero-order valence-corrected chi connectivity index (χ0v) is 15.8. The van der Waals surface area contributed by atoms with Crippen molar-refractivity contribution >= 4 is 23.2 Å². The maximum Gasteiger partial charge on any atom is 0.234 e. The van der Waals surface area contributed by atoms with Gasteiger partial charge in [0.25, 0.3) is 0 Å². The molecule has 2 heterocycles. The third kappa shape index (κ3) is 6.61. The Balaban J connectivity index is 1.75. The zero-order valence-electron chi connectivity index (χ0n) is 15.0. The van der Waals surface area contributed by atoms with E-state index in [4.69, 9.17) is 0 Å². The molecule has 1 aromatic heterocycles. The molecule has 5 nitrogen and oxygen atoms in total. The van der Waals surface area contributed by atoms with E-state index in [9.17, 15) is 9.59 Å². The Bertz CT molecular complexity index is 537. The van der Waals surface area contributed by atoms with Gasteiger partial charge in [-0.05, 0) is 45.1 Å². The van der Waals surface area contributed by atoms with Crippen LogP contribution in [-0.4, -0.2) is 59.9 Å². The molecule has 0 atom stereocenters. The highest BCUT2D eigenvalue weighted by molar-refractivity contribution is 7.09. The average molecular weight is 352 g/mol. The van der Waals surface area contributed by atoms with Crippen LogP contribution in [0, 0.1) is 0 Å². The number of carbonyl (C=O) groups is 2. The van der Waals surface area contributed by atoms with Gasteiger partial charge in [0, 0.05) is 43.0 Å². The molecule has 134 valence electrons. The van der Waals surface area contributed by atoms with Crippen molar-refractivity contribution in [1.29, 1.82) is 0 Å². The number of nitrogens with zero attached hydrogens (tertiary/aromatic N) is 2. The highest BCUT2D eigenvalue weighted by Gasteiger charge is 2.21. The lowest BCUT2D eigenvalue weighted by Gasteiger charge is -2.25. The minimum atomic E-state index is -0.202. The zero-order chi connectivity index (χ0) is 17.6. The van der Waals surface area contributed by atoms with Crippen molar-refractivity contribution in [3.63, 3.8) is 0 Å². The second-order valence-electron chi connectivity index (χ2n) is 7.39. The molecule has 24 heavy (non-hydrogen) atoms. The van der Waals surface area contributed by atoms with Gasteiger partial charge < -0.3 is 10.2 Å². The molecule has 0 bridgehead atoms. The highest BCUT2D eigenvalue weighted by Crippen LogP contribution is 2.13. The van der Waals surface area contributed by atoms with Gasteiger partial charge in [0.05, 0.1) is 6.54 Å². The van der Waals surface area contributed by atoms with E-state index in [0.29, 0.717) is 19.5 Å². The molecule has 0 aliphatic carbocycles. The van der Waals surface area contributed by atoms with E-state index >= 15 is 0 Å². The van der Waals surface area contributed by atoms with Crippen LogP contribution in [0.5, 0.6) is 0 Å². The molecule has 1 aromatic rings. The van der Waals surface area contributed by atoms with Gasteiger partial charge in [0.2, 0.25) is 11.8 Å². The summed E-state index contributed by atoms with van der Waals surface area (Å²) >= 11 is 1.70. The van der Waals surface area contributed by atoms with Crippen LogP contribution in [0.1, 0.15) is 38.5 Å². The maximum atomic E-state index is 12.4. The van der Waals surface area contributed by atoms with Gasteiger partial charge in [-0.15, -0.1) is 11.3 Å². The summed E-state index contributed by atoms with van der Waals surface area (Å²) in [5.41, 5.74) is -0.202. The minimum absolute atomic E-state index is 0.0555. The molecule has 6 heteroatoms. The molecule has 0 radical (unpaired) electrons. The monoisotopic (exact) mass is 351 g/mol. The molecule has 1 saturated heterocycles. The Hall–Kier alpha value is -1.40. The molecule has 0 aromatic carbocycles. The number of thiophene rings is 1. The summed E-state index contributed by atoms with van der Waals surface area (Å²) < 4.78 is 0. The van der Waals surface area contributed by atoms with Crippen LogP contribution in [0.15, 0.2) is 17.5 Å². The summed E-state index contributed by atoms with van der Waals surface area (Å²) in [6.45, 7) is 9.51. The van der Waals surface area contributed by atoms with Crippen LogP contribution in [-0.2, 0) is 16.0 Å². The number of hydrogen-bond donors (Lipinski definition) is 1. The smallest absolute Gasteiger partial charge is 0.234 e. The number of hydrogen-bond acceptors (Lipinski definition) is 4. The fraction of sp³-hybridized carbons (Fsp3) is 0.667. The first kappa shape index (κ1) is 18.9. The molecule has 0 saturated carbocycles. The number of aryl methyl sites for hydroxylation is 1. The van der Waals surface area contributed by atoms with E-state index in [0.717, 1.165) is 32.5 Å². The lowest BCUT2D eigenvalue weighted by atomic mass is 10.1. The van der Waals surface area contributed by atoms with E-state index in [1.807, 2.05) is 37.1 Å². The molecular formula is C18H29N3O2S. The van der Waals surface area contributed by atoms with Crippen molar-refractivity contribution in [1.82, 2.24) is 15.1 Å². The van der Waals surface area contributed by atoms with Gasteiger partial charge in [0.15, 0.2) is 0 Å². The number of carbonyl (C=O) groups excluding carboxylic acids is 2. The minimum Gasteiger partial charge on any atom is -0.350 e. The molecule has 2 amide bonds. The Kier molecular flexibility index (Phi) is 6.80. The predicted octanol–water partition coefficient (Wildman–Crippen LogP) is 2.13. The van der Waals surface area contributed by atoms with Crippen LogP contribution in [0.2, 0.25) is 0 Å². The van der Waals surface area contributed by atoms with Gasteiger partial charge in [-0.2, -0.15) is 0 Å². The van der Waals surface area contributed by atoms with Crippen molar-refractivity contribution in [2.24, 2.45) is 0 Å². The van der Waals surface area contributed by atoms with Gasteiger partial charge in [-0.1, -0.05) is 6.07 Å². The molecule has 0 spiro atoms. The first-order chi connectivity index (χ1) is 11.3. The van der Waals surface area contributed by atoms with Crippen LogP contribution >= 0.6 is 11.3 Å². The van der Waals surface area contributed by atoms with E-state index in [1.54, 1.807) is 11.3 Å². The quantitative estimate of drug-likeness (QED) is 0.884. The van der Waals surface area contributed by atoms with Crippen LogP contribution in [0.4, 0.5) is 0 Å². The maximum absolute atomic E-state index is 12.4. The summed E-state index contributed by atoms with van der Waals surface area (Å²) in [6, 6.07) is 4.10. The van der Waals surface area contributed by atoms with Gasteiger partial charge in [-0.25, -0.2) is 0 Å². The lowest BCUT2D eigenvalue weighted by molar-refractivity contribution is -0.131. The molecule has 0 unspecified atom stereocenters. The fourth-order valence-electron chi connectivity index (χ4n) is 2.88. The van der Waals surface area contributed by atoms with Gasteiger partial charge in [-0.3, -0.25) is 14.5 Å². The molecule has 1 aliphatic rings. The first-order valence-electron chi connectivity index (χ1n) is 8.67. The Labute approximate surface area is 149 Å². The average Bonchev–Trinajstić information content (AvgIpc) is 2.89. The Morgan fingerprint density at radius 1 is 1.21 bits per heavy atom. The normalized spacial score (nSPS) is 16.7. The van der Waals surface area contributed by atoms with Gasteiger partial charge in [0.1, 0.15) is 0 Å². The van der Waals surface area contributed by atoms with Crippen LogP contribution in [0.25, 0.3) is 0 Å². The van der Waals surface area contributed by atoms with Crippen molar-refractivity contribution in [2.75, 3.05) is 32.7 Å². The Morgan fingerprint density at radius 2 is 2.00 bits per heavy atom. The van der Waals surface area contributed by atoms with Crippen LogP contribution < -0.4 is 5.32 Å². The lowest BCUT2D eigenvalue weighted by Crippen LogP contribution is -2.46. The third-order valence-corrected chi connectivity index (χ3v) is 4.92. The van der Waals surface area contributed by atoms with Crippen molar-refractivity contribution in [3.8, 4) is 0 Å². The molecular weight excluding hydrogens is 322 g/mol. The second-order valence-corrected chi connectivity index (χ2v) is 8.42. The molecule has 1 fully saturated rings. The topological polar surface area (TPSA) is 52.7 Å². The molecule has 1 aliphatic heterocycles. The largest absolute Gasteiger partial charge is 0.350 e. The Morgan fingerprint density at radius 3 is 2.67 bits per heavy atom. The number of nitrogens with one attached hydrogen (secondary N) is 1. The summed E-state index contributed by atoms with van der Waals surface area (Å²) in [7, 11) is 0. The first-order valence-corrected chi connectivity index (χ1v) is 9.55. The third-order valence-electron chi connectivity index (χ3n) is 3.99. The summed E-state index contributed by atoms with van der Waals surface area (Å²) in [6.07, 6.45) is 2.32. The van der Waals surface area contributed by atoms with Gasteiger partial charge >= 0.3 is 0 Å². The number of amides is 2. The second kappa shape index (κ2) is 8.62. The van der Waals surface area contributed by atoms with E-state index < -0.39 is 0 Å². The summed E-state index contributed by atoms with van der Waals surface area (Å²) in [5, 5.41) is 5.04. The fourth-order valence-corrected chi connectivity index (χ4v) is 3.59. The van der Waals surface area contributed by atoms with Crippen molar-refractivity contribution in [2.45, 2.75) is 45.6 Å². The number of rotatable bonds is 5. The van der Waals surface area contributed by atoms with E-state index in [-0.39, 0.29) is 17.4 Å². The predicted molar refractivity (Wildman–Crippen MR) is 98.2 cm³/mol. The summed E-state index contributed by atoms with van der Waals surface area (Å²) in [5.74, 6) is 0.282. The highest BCUT2D eigenvalue weighted by atomic mass is 32.1. The molecule has 1 N–H and O–H groups in total. The van der Waals surface area contributed by atoms with Crippen molar-refractivity contribution in [3.05, 3.63) is 22.4 Å². The SMILES string of the molecule is CC(C)(C)NC(=O)CN1CCCN(C(=O)CCc2cccs2)CC1. The summed E-state index contributed by atoms with van der Waals surface area (Å²) in [4.78, 5) is 29.8. The van der Waals surface area contributed by atoms with E-state index in [2.05, 4.69) is 16.3 Å². The standard InChI is InChI=1S/C18H29N3O2S/c1-18(2,3)19-16(22)14-20-9-5-10-21(12-11-20)17(23)8-7-15-6-4-13-24-15/h4,6,13H,5,7-12,14H2,1-3H3,(H,19,22). The van der Waals surface area contributed by atoms with Crippen molar-refractivity contribution < 1.29 is 9.59 Å². The van der Waals surface area contributed by atoms with E-state index in [1.165, 1.54) is 4.88 Å².